The Balaban J connectivity index is 2.25. The van der Waals surface area contributed by atoms with Crippen molar-refractivity contribution in [3.05, 3.63) is 40.3 Å². The minimum Gasteiger partial charge on any atom is -0.378 e. The van der Waals surface area contributed by atoms with E-state index in [9.17, 15) is 4.79 Å². The molecule has 0 atom stereocenters. The predicted molar refractivity (Wildman–Crippen MR) is 71.4 cm³/mol. The molecular formula is C12H15N5O. The molecule has 2 N–H and O–H groups in total. The van der Waals surface area contributed by atoms with Crippen molar-refractivity contribution in [1.29, 1.82) is 0 Å². The van der Waals surface area contributed by atoms with Gasteiger partial charge in [-0.1, -0.05) is 6.07 Å². The van der Waals surface area contributed by atoms with Gasteiger partial charge in [-0.25, -0.2) is 0 Å². The summed E-state index contributed by atoms with van der Waals surface area (Å²) in [5, 5.41) is 10.7. The SMILES string of the molecule is Cc1nnc(Nc2cccc(N(C)C)c2)[nH]c1=O. The first-order chi connectivity index (χ1) is 8.56. The van der Waals surface area contributed by atoms with Gasteiger partial charge in [-0.2, -0.15) is 0 Å². The summed E-state index contributed by atoms with van der Waals surface area (Å²) in [5.74, 6) is 0.335. The fourth-order valence-corrected chi connectivity index (χ4v) is 1.45. The van der Waals surface area contributed by atoms with Gasteiger partial charge in [0.1, 0.15) is 5.69 Å². The number of anilines is 3. The molecular weight excluding hydrogens is 230 g/mol. The van der Waals surface area contributed by atoms with E-state index in [-0.39, 0.29) is 5.56 Å². The Labute approximate surface area is 105 Å². The Morgan fingerprint density at radius 1 is 1.28 bits per heavy atom. The van der Waals surface area contributed by atoms with Crippen molar-refractivity contribution in [3.63, 3.8) is 0 Å². The maximum absolute atomic E-state index is 11.4. The van der Waals surface area contributed by atoms with E-state index in [1.165, 1.54) is 0 Å². The fraction of sp³-hybridized carbons (Fsp3) is 0.250. The molecule has 0 fully saturated rings. The standard InChI is InChI=1S/C12H15N5O/c1-8-11(18)14-12(16-15-8)13-9-5-4-6-10(7-9)17(2)3/h4-7H,1-3H3,(H2,13,14,16,18). The van der Waals surface area contributed by atoms with Gasteiger partial charge in [-0.3, -0.25) is 9.78 Å². The molecule has 2 rings (SSSR count). The number of hydrogen-bond acceptors (Lipinski definition) is 5. The molecule has 0 amide bonds. The molecule has 0 saturated carbocycles. The Morgan fingerprint density at radius 2 is 2.06 bits per heavy atom. The highest BCUT2D eigenvalue weighted by atomic mass is 16.1. The number of rotatable bonds is 3. The Bertz CT molecular complexity index is 605. The predicted octanol–water partition coefficient (Wildman–Crippen LogP) is 1.28. The van der Waals surface area contributed by atoms with Gasteiger partial charge in [0, 0.05) is 25.5 Å². The lowest BCUT2D eigenvalue weighted by Crippen LogP contribution is -2.15. The maximum Gasteiger partial charge on any atom is 0.273 e. The first kappa shape index (κ1) is 12.1. The van der Waals surface area contributed by atoms with Crippen molar-refractivity contribution in [1.82, 2.24) is 15.2 Å². The molecule has 94 valence electrons. The normalized spacial score (nSPS) is 10.2. The van der Waals surface area contributed by atoms with Crippen LogP contribution in [0.5, 0.6) is 0 Å². The van der Waals surface area contributed by atoms with Gasteiger partial charge < -0.3 is 10.2 Å². The molecule has 0 aliphatic carbocycles. The molecule has 6 heteroatoms. The Morgan fingerprint density at radius 3 is 2.72 bits per heavy atom. The minimum atomic E-state index is -0.240. The zero-order valence-corrected chi connectivity index (χ0v) is 10.6. The van der Waals surface area contributed by atoms with Crippen molar-refractivity contribution < 1.29 is 0 Å². The third-order valence-corrected chi connectivity index (χ3v) is 2.49. The second kappa shape index (κ2) is 4.87. The molecule has 0 bridgehead atoms. The molecule has 6 nitrogen and oxygen atoms in total. The number of benzene rings is 1. The van der Waals surface area contributed by atoms with E-state index in [2.05, 4.69) is 20.5 Å². The van der Waals surface area contributed by atoms with Crippen LogP contribution in [-0.2, 0) is 0 Å². The van der Waals surface area contributed by atoms with E-state index >= 15 is 0 Å². The maximum atomic E-state index is 11.4. The van der Waals surface area contributed by atoms with Crippen LogP contribution in [-0.4, -0.2) is 29.3 Å². The number of nitrogens with zero attached hydrogens (tertiary/aromatic N) is 3. The van der Waals surface area contributed by atoms with Crippen molar-refractivity contribution in [2.75, 3.05) is 24.3 Å². The van der Waals surface area contributed by atoms with Crippen LogP contribution >= 0.6 is 0 Å². The molecule has 0 aliphatic heterocycles. The second-order valence-corrected chi connectivity index (χ2v) is 4.16. The van der Waals surface area contributed by atoms with E-state index in [0.717, 1.165) is 11.4 Å². The Kier molecular flexibility index (Phi) is 3.27. The molecule has 0 radical (unpaired) electrons. The minimum absolute atomic E-state index is 0.240. The smallest absolute Gasteiger partial charge is 0.273 e. The Hall–Kier alpha value is -2.37. The van der Waals surface area contributed by atoms with Crippen LogP contribution in [0.2, 0.25) is 0 Å². The molecule has 1 aromatic carbocycles. The van der Waals surface area contributed by atoms with Crippen LogP contribution in [0.15, 0.2) is 29.1 Å². The summed E-state index contributed by atoms with van der Waals surface area (Å²) in [7, 11) is 3.93. The van der Waals surface area contributed by atoms with Crippen LogP contribution < -0.4 is 15.8 Å². The lowest BCUT2D eigenvalue weighted by atomic mass is 10.2. The van der Waals surface area contributed by atoms with Gasteiger partial charge in [0.25, 0.3) is 5.56 Å². The van der Waals surface area contributed by atoms with Crippen LogP contribution in [0.25, 0.3) is 0 Å². The van der Waals surface area contributed by atoms with Gasteiger partial charge in [-0.15, -0.1) is 10.2 Å². The monoisotopic (exact) mass is 245 g/mol. The number of aromatic amines is 1. The van der Waals surface area contributed by atoms with Gasteiger partial charge in [0.15, 0.2) is 0 Å². The highest BCUT2D eigenvalue weighted by Crippen LogP contribution is 2.18. The van der Waals surface area contributed by atoms with Gasteiger partial charge >= 0.3 is 0 Å². The topological polar surface area (TPSA) is 73.9 Å². The second-order valence-electron chi connectivity index (χ2n) is 4.16. The average Bonchev–Trinajstić information content (AvgIpc) is 2.34. The molecule has 0 aliphatic rings. The highest BCUT2D eigenvalue weighted by molar-refractivity contribution is 5.61. The zero-order valence-electron chi connectivity index (χ0n) is 10.6. The number of nitrogens with one attached hydrogen (secondary N) is 2. The summed E-state index contributed by atoms with van der Waals surface area (Å²) in [6.07, 6.45) is 0. The third-order valence-electron chi connectivity index (χ3n) is 2.49. The van der Waals surface area contributed by atoms with E-state index < -0.39 is 0 Å². The van der Waals surface area contributed by atoms with E-state index in [1.807, 2.05) is 43.3 Å². The van der Waals surface area contributed by atoms with Gasteiger partial charge in [0.05, 0.1) is 0 Å². The summed E-state index contributed by atoms with van der Waals surface area (Å²) >= 11 is 0. The lowest BCUT2D eigenvalue weighted by molar-refractivity contribution is 0.908. The molecule has 1 heterocycles. The highest BCUT2D eigenvalue weighted by Gasteiger charge is 2.02. The van der Waals surface area contributed by atoms with Crippen molar-refractivity contribution in [2.24, 2.45) is 0 Å². The van der Waals surface area contributed by atoms with Crippen LogP contribution in [0.4, 0.5) is 17.3 Å². The van der Waals surface area contributed by atoms with E-state index in [0.29, 0.717) is 11.6 Å². The number of aromatic nitrogens is 3. The van der Waals surface area contributed by atoms with Gasteiger partial charge in [-0.05, 0) is 25.1 Å². The van der Waals surface area contributed by atoms with E-state index in [4.69, 9.17) is 0 Å². The quantitative estimate of drug-likeness (QED) is 0.852. The molecule has 2 aromatic rings. The molecule has 0 unspecified atom stereocenters. The molecule has 1 aromatic heterocycles. The fourth-order valence-electron chi connectivity index (χ4n) is 1.45. The van der Waals surface area contributed by atoms with Crippen molar-refractivity contribution in [3.8, 4) is 0 Å². The third kappa shape index (κ3) is 2.65. The van der Waals surface area contributed by atoms with E-state index in [1.54, 1.807) is 6.92 Å². The van der Waals surface area contributed by atoms with Gasteiger partial charge in [0.2, 0.25) is 5.95 Å². The first-order valence-corrected chi connectivity index (χ1v) is 5.54. The van der Waals surface area contributed by atoms with Crippen LogP contribution in [0.3, 0.4) is 0 Å². The summed E-state index contributed by atoms with van der Waals surface area (Å²) in [4.78, 5) is 16.0. The van der Waals surface area contributed by atoms with Crippen LogP contribution in [0.1, 0.15) is 5.69 Å². The van der Waals surface area contributed by atoms with Crippen molar-refractivity contribution >= 4 is 17.3 Å². The number of aryl methyl sites for hydroxylation is 1. The summed E-state index contributed by atoms with van der Waals surface area (Å²) in [5.41, 5.74) is 2.01. The molecule has 0 spiro atoms. The average molecular weight is 245 g/mol. The lowest BCUT2D eigenvalue weighted by Gasteiger charge is -2.13. The first-order valence-electron chi connectivity index (χ1n) is 5.54. The molecule has 0 saturated heterocycles. The van der Waals surface area contributed by atoms with Crippen molar-refractivity contribution in [2.45, 2.75) is 6.92 Å². The summed E-state index contributed by atoms with van der Waals surface area (Å²) < 4.78 is 0. The molecule has 18 heavy (non-hydrogen) atoms. The zero-order chi connectivity index (χ0) is 13.1. The summed E-state index contributed by atoms with van der Waals surface area (Å²) in [6.45, 7) is 1.61. The largest absolute Gasteiger partial charge is 0.378 e. The van der Waals surface area contributed by atoms with Crippen LogP contribution in [0, 0.1) is 6.92 Å². The summed E-state index contributed by atoms with van der Waals surface area (Å²) in [6, 6.07) is 7.78. The number of hydrogen-bond donors (Lipinski definition) is 2. The number of H-pyrrole nitrogens is 1.